The van der Waals surface area contributed by atoms with Crippen LogP contribution in [0.1, 0.15) is 22.3 Å². The van der Waals surface area contributed by atoms with Crippen LogP contribution in [0.25, 0.3) is 89.3 Å². The van der Waals surface area contributed by atoms with Gasteiger partial charge in [-0.25, -0.2) is 4.98 Å². The van der Waals surface area contributed by atoms with Crippen LogP contribution in [-0.4, -0.2) is 4.98 Å². The number of benzene rings is 10. The molecular weight excluding hydrogens is 807 g/mol. The number of fused-ring (bicyclic) bond motifs is 3. The van der Waals surface area contributed by atoms with Crippen molar-refractivity contribution in [1.29, 1.82) is 0 Å². The van der Waals surface area contributed by atoms with Crippen LogP contribution in [0.2, 0.25) is 0 Å². The summed E-state index contributed by atoms with van der Waals surface area (Å²) in [6.07, 6.45) is 0. The second-order valence-corrected chi connectivity index (χ2v) is 17.5. The summed E-state index contributed by atoms with van der Waals surface area (Å²) in [5.74, 6) is 0. The zero-order valence-electron chi connectivity index (χ0n) is 36.9. The SMILES string of the molecule is c1ccc(-c2ccc(-c3cc(-c4cc(-c5ccccc5)cc(-c5ccc6c(c5)-c5ccccc5C6(c5ccccc5)c5ccccc5)c4)cc(-c4ccc(-c5ccccc5)cc4)n3)cc2)cc1. The van der Waals surface area contributed by atoms with Crippen LogP contribution >= 0.6 is 0 Å². The van der Waals surface area contributed by atoms with Gasteiger partial charge in [-0.3, -0.25) is 0 Å². The van der Waals surface area contributed by atoms with Gasteiger partial charge in [-0.15, -0.1) is 0 Å². The minimum atomic E-state index is -0.452. The summed E-state index contributed by atoms with van der Waals surface area (Å²) in [5, 5.41) is 0. The molecule has 1 nitrogen and oxygen atoms in total. The van der Waals surface area contributed by atoms with Crippen molar-refractivity contribution in [2.24, 2.45) is 0 Å². The maximum atomic E-state index is 5.39. The van der Waals surface area contributed by atoms with E-state index in [0.29, 0.717) is 0 Å². The topological polar surface area (TPSA) is 12.9 Å². The molecule has 0 unspecified atom stereocenters. The predicted octanol–water partition coefficient (Wildman–Crippen LogP) is 17.1. The molecule has 314 valence electrons. The van der Waals surface area contributed by atoms with Crippen LogP contribution in [0.4, 0.5) is 0 Å². The lowest BCUT2D eigenvalue weighted by Gasteiger charge is -2.33. The van der Waals surface area contributed by atoms with Gasteiger partial charge < -0.3 is 0 Å². The van der Waals surface area contributed by atoms with Crippen LogP contribution in [0, 0.1) is 0 Å². The van der Waals surface area contributed by atoms with E-state index >= 15 is 0 Å². The standard InChI is InChI=1S/C66H45N/c1-6-18-46(19-7-1)49-30-34-51(35-31-49)64-44-57(45-65(67-64)52-36-32-50(33-37-52)47-20-8-2-9-21-47)56-41-54(48-22-10-3-11-23-48)40-55(42-56)53-38-39-63-61(43-53)60-28-16-17-29-62(60)66(63,58-24-12-4-13-25-58)59-26-14-5-15-27-59/h1-45H. The predicted molar refractivity (Wildman–Crippen MR) is 280 cm³/mol. The highest BCUT2D eigenvalue weighted by Gasteiger charge is 2.46. The van der Waals surface area contributed by atoms with E-state index in [2.05, 4.69) is 273 Å². The highest BCUT2D eigenvalue weighted by Crippen LogP contribution is 2.56. The largest absolute Gasteiger partial charge is 0.248 e. The van der Waals surface area contributed by atoms with Gasteiger partial charge in [0.1, 0.15) is 0 Å². The molecule has 67 heavy (non-hydrogen) atoms. The number of aromatic nitrogens is 1. The van der Waals surface area contributed by atoms with Gasteiger partial charge in [-0.2, -0.15) is 0 Å². The van der Waals surface area contributed by atoms with Gasteiger partial charge in [-0.05, 0) is 125 Å². The molecule has 1 aromatic heterocycles. The monoisotopic (exact) mass is 851 g/mol. The molecule has 1 heterocycles. The van der Waals surface area contributed by atoms with E-state index < -0.39 is 5.41 Å². The lowest BCUT2D eigenvalue weighted by molar-refractivity contribution is 0.768. The number of pyridine rings is 1. The Morgan fingerprint density at radius 3 is 1.03 bits per heavy atom. The molecule has 0 bridgehead atoms. The summed E-state index contributed by atoms with van der Waals surface area (Å²) in [7, 11) is 0. The third-order valence-corrected chi connectivity index (χ3v) is 13.6. The minimum Gasteiger partial charge on any atom is -0.248 e. The third-order valence-electron chi connectivity index (χ3n) is 13.6. The summed E-state index contributed by atoms with van der Waals surface area (Å²) in [6, 6.07) is 99.3. The fraction of sp³-hybridized carbons (Fsp3) is 0.0152. The van der Waals surface area contributed by atoms with Crippen LogP contribution in [0.5, 0.6) is 0 Å². The maximum absolute atomic E-state index is 5.39. The molecule has 1 aliphatic rings. The molecule has 1 aliphatic carbocycles. The summed E-state index contributed by atoms with van der Waals surface area (Å²) < 4.78 is 0. The molecule has 0 spiro atoms. The maximum Gasteiger partial charge on any atom is 0.0715 e. The van der Waals surface area contributed by atoms with Crippen LogP contribution in [0.3, 0.4) is 0 Å². The quantitative estimate of drug-likeness (QED) is 0.141. The second kappa shape index (κ2) is 17.0. The van der Waals surface area contributed by atoms with E-state index in [4.69, 9.17) is 4.98 Å². The first-order valence-corrected chi connectivity index (χ1v) is 23.1. The molecule has 0 atom stereocenters. The van der Waals surface area contributed by atoms with Gasteiger partial charge >= 0.3 is 0 Å². The first-order chi connectivity index (χ1) is 33.2. The Hall–Kier alpha value is -8.65. The van der Waals surface area contributed by atoms with Gasteiger partial charge in [0.15, 0.2) is 0 Å². The molecule has 12 rings (SSSR count). The van der Waals surface area contributed by atoms with Gasteiger partial charge in [0.05, 0.1) is 16.8 Å². The number of nitrogens with zero attached hydrogens (tertiary/aromatic N) is 1. The second-order valence-electron chi connectivity index (χ2n) is 17.5. The number of hydrogen-bond acceptors (Lipinski definition) is 1. The van der Waals surface area contributed by atoms with Crippen molar-refractivity contribution in [3.05, 3.63) is 295 Å². The van der Waals surface area contributed by atoms with E-state index in [1.54, 1.807) is 0 Å². The Bertz CT molecular complexity index is 3370. The fourth-order valence-corrected chi connectivity index (χ4v) is 10.3. The molecule has 0 saturated carbocycles. The first kappa shape index (κ1) is 39.9. The Balaban J connectivity index is 1.03. The average Bonchev–Trinajstić information content (AvgIpc) is 3.72. The number of rotatable bonds is 9. The van der Waals surface area contributed by atoms with Crippen LogP contribution < -0.4 is 0 Å². The van der Waals surface area contributed by atoms with Crippen molar-refractivity contribution >= 4 is 0 Å². The van der Waals surface area contributed by atoms with Gasteiger partial charge in [0.2, 0.25) is 0 Å². The summed E-state index contributed by atoms with van der Waals surface area (Å²) >= 11 is 0. The molecule has 1 heteroatoms. The van der Waals surface area contributed by atoms with Gasteiger partial charge in [0.25, 0.3) is 0 Å². The molecule has 0 fully saturated rings. The van der Waals surface area contributed by atoms with Gasteiger partial charge in [0, 0.05) is 11.1 Å². The zero-order chi connectivity index (χ0) is 44.6. The summed E-state index contributed by atoms with van der Waals surface area (Å²) in [6.45, 7) is 0. The fourth-order valence-electron chi connectivity index (χ4n) is 10.3. The molecule has 0 N–H and O–H groups in total. The van der Waals surface area contributed by atoms with Crippen molar-refractivity contribution in [1.82, 2.24) is 4.98 Å². The van der Waals surface area contributed by atoms with E-state index in [9.17, 15) is 0 Å². The molecule has 10 aromatic carbocycles. The normalized spacial score (nSPS) is 12.3. The Morgan fingerprint density at radius 1 is 0.209 bits per heavy atom. The van der Waals surface area contributed by atoms with E-state index in [0.717, 1.165) is 44.8 Å². The zero-order valence-corrected chi connectivity index (χ0v) is 36.9. The van der Waals surface area contributed by atoms with E-state index in [1.807, 2.05) is 0 Å². The van der Waals surface area contributed by atoms with E-state index in [1.165, 1.54) is 66.8 Å². The average molecular weight is 852 g/mol. The Kier molecular flexibility index (Phi) is 10.2. The third kappa shape index (κ3) is 7.28. The van der Waals surface area contributed by atoms with Crippen molar-refractivity contribution < 1.29 is 0 Å². The molecule has 0 amide bonds. The lowest BCUT2D eigenvalue weighted by atomic mass is 9.67. The molecule has 0 saturated heterocycles. The van der Waals surface area contributed by atoms with Crippen molar-refractivity contribution in [2.75, 3.05) is 0 Å². The molecule has 0 aliphatic heterocycles. The molecule has 0 radical (unpaired) electrons. The Morgan fingerprint density at radius 2 is 0.537 bits per heavy atom. The molecular formula is C66H45N. The number of hydrogen-bond donors (Lipinski definition) is 0. The first-order valence-electron chi connectivity index (χ1n) is 23.1. The van der Waals surface area contributed by atoms with E-state index in [-0.39, 0.29) is 0 Å². The van der Waals surface area contributed by atoms with Crippen molar-refractivity contribution in [3.63, 3.8) is 0 Å². The Labute approximate surface area is 393 Å². The lowest BCUT2D eigenvalue weighted by Crippen LogP contribution is -2.28. The minimum absolute atomic E-state index is 0.452. The molecule has 11 aromatic rings. The van der Waals surface area contributed by atoms with Gasteiger partial charge in [-0.1, -0.05) is 237 Å². The van der Waals surface area contributed by atoms with Crippen LogP contribution in [0.15, 0.2) is 273 Å². The van der Waals surface area contributed by atoms with Crippen molar-refractivity contribution in [2.45, 2.75) is 5.41 Å². The summed E-state index contributed by atoms with van der Waals surface area (Å²) in [5.41, 5.74) is 22.9. The highest BCUT2D eigenvalue weighted by atomic mass is 14.7. The van der Waals surface area contributed by atoms with Crippen molar-refractivity contribution in [3.8, 4) is 89.3 Å². The smallest absolute Gasteiger partial charge is 0.0715 e. The van der Waals surface area contributed by atoms with Crippen LogP contribution in [-0.2, 0) is 5.41 Å². The summed E-state index contributed by atoms with van der Waals surface area (Å²) in [4.78, 5) is 5.39. The highest BCUT2D eigenvalue weighted by molar-refractivity contribution is 5.91.